The second kappa shape index (κ2) is 6.31. The van der Waals surface area contributed by atoms with Crippen molar-refractivity contribution in [2.45, 2.75) is 12.4 Å². The molecule has 0 aliphatic rings. The van der Waals surface area contributed by atoms with E-state index in [4.69, 9.17) is 14.2 Å². The van der Waals surface area contributed by atoms with Gasteiger partial charge in [0, 0.05) is 49.5 Å². The summed E-state index contributed by atoms with van der Waals surface area (Å²) in [5.41, 5.74) is 0. The number of hydrogen-bond acceptors (Lipinski definition) is 3. The van der Waals surface area contributed by atoms with Crippen LogP contribution in [0.15, 0.2) is 0 Å². The van der Waals surface area contributed by atoms with E-state index >= 15 is 0 Å². The summed E-state index contributed by atoms with van der Waals surface area (Å²) in [6.07, 6.45) is 0.427. The Morgan fingerprint density at radius 3 is 1.40 bits per heavy atom. The quantitative estimate of drug-likeness (QED) is 0.474. The van der Waals surface area contributed by atoms with E-state index in [1.165, 1.54) is 21.3 Å². The van der Waals surface area contributed by atoms with Crippen LogP contribution in [0.1, 0.15) is 6.42 Å². The van der Waals surface area contributed by atoms with Crippen LogP contribution in [0.2, 0.25) is 0 Å². The topological polar surface area (TPSA) is 27.7 Å². The Morgan fingerprint density at radius 2 is 1.40 bits per heavy atom. The fourth-order valence-corrected chi connectivity index (χ4v) is 0.556. The monoisotopic (exact) mass is 181 g/mol. The summed E-state index contributed by atoms with van der Waals surface area (Å²) in [7, 11) is 4.54. The summed E-state index contributed by atoms with van der Waals surface area (Å²) in [5, 5.41) is 0. The molecule has 0 N–H and O–H groups in total. The summed E-state index contributed by atoms with van der Waals surface area (Å²) in [6.45, 7) is 3.60. The molecule has 0 atom stereocenters. The van der Waals surface area contributed by atoms with Crippen LogP contribution in [0.25, 0.3) is 0 Å². The van der Waals surface area contributed by atoms with E-state index in [0.29, 0.717) is 6.42 Å². The molecule has 0 fully saturated rings. The first-order valence-corrected chi connectivity index (χ1v) is 2.69. The predicted molar refractivity (Wildman–Crippen MR) is 33.7 cm³/mol. The molecule has 0 aliphatic carbocycles. The summed E-state index contributed by atoms with van der Waals surface area (Å²) >= 11 is 0. The zero-order valence-corrected chi connectivity index (χ0v) is 8.20. The van der Waals surface area contributed by atoms with Crippen molar-refractivity contribution in [2.24, 2.45) is 0 Å². The van der Waals surface area contributed by atoms with Gasteiger partial charge in [-0.1, -0.05) is 0 Å². The third kappa shape index (κ3) is 3.12. The van der Waals surface area contributed by atoms with Gasteiger partial charge in [-0.25, -0.2) is 0 Å². The molecule has 0 rings (SSSR count). The van der Waals surface area contributed by atoms with Crippen molar-refractivity contribution in [1.29, 1.82) is 0 Å². The average Bonchev–Trinajstić information content (AvgIpc) is 1.95. The van der Waals surface area contributed by atoms with Gasteiger partial charge in [0.1, 0.15) is 0 Å². The van der Waals surface area contributed by atoms with E-state index in [1.54, 1.807) is 0 Å². The van der Waals surface area contributed by atoms with E-state index in [1.807, 2.05) is 0 Å². The second-order valence-electron chi connectivity index (χ2n) is 1.55. The second-order valence-corrected chi connectivity index (χ2v) is 1.55. The van der Waals surface area contributed by atoms with Crippen LogP contribution < -0.4 is 0 Å². The van der Waals surface area contributed by atoms with E-state index in [9.17, 15) is 0 Å². The van der Waals surface area contributed by atoms with Crippen molar-refractivity contribution in [3.8, 4) is 0 Å². The smallest absolute Gasteiger partial charge is 0.282 e. The molecule has 1 radical (unpaired) electrons. The fourth-order valence-electron chi connectivity index (χ4n) is 0.556. The Kier molecular flexibility index (Phi) is 8.34. The van der Waals surface area contributed by atoms with E-state index in [0.717, 1.165) is 0 Å². The normalized spacial score (nSPS) is 10.8. The fraction of sp³-hybridized carbons (Fsp3) is 0.833. The molecule has 0 amide bonds. The van der Waals surface area contributed by atoms with Gasteiger partial charge in [-0.05, 0) is 6.92 Å². The minimum absolute atomic E-state index is 0. The number of rotatable bonds is 4. The van der Waals surface area contributed by atoms with Crippen LogP contribution in [0.4, 0.5) is 0 Å². The minimum Gasteiger partial charge on any atom is -0.331 e. The Bertz CT molecular complexity index is 55.9. The first kappa shape index (κ1) is 13.2. The average molecular weight is 181 g/mol. The zero-order chi connectivity index (χ0) is 7.33. The molecule has 0 unspecified atom stereocenters. The van der Waals surface area contributed by atoms with Crippen LogP contribution in [0, 0.1) is 6.92 Å². The maximum Gasteiger partial charge on any atom is 0.282 e. The van der Waals surface area contributed by atoms with Crippen molar-refractivity contribution >= 4 is 0 Å². The van der Waals surface area contributed by atoms with Gasteiger partial charge in [0.05, 0.1) is 0 Å². The standard InChI is InChI=1S/C6H13O3.Ti/c1-5-6(7-2,8-3)9-4;/h1,5H2,2-4H3;. The van der Waals surface area contributed by atoms with Crippen molar-refractivity contribution in [3.05, 3.63) is 6.92 Å². The summed E-state index contributed by atoms with van der Waals surface area (Å²) < 4.78 is 14.6. The Labute approximate surface area is 76.9 Å². The SMILES string of the molecule is [CH2]CC(OC)(OC)OC.[Ti]. The number of hydrogen-bond donors (Lipinski definition) is 0. The zero-order valence-electron chi connectivity index (χ0n) is 6.64. The predicted octanol–water partition coefficient (Wildman–Crippen LogP) is 0.801. The molecule has 0 heterocycles. The van der Waals surface area contributed by atoms with E-state index in [2.05, 4.69) is 6.92 Å². The first-order valence-electron chi connectivity index (χ1n) is 2.69. The van der Waals surface area contributed by atoms with Gasteiger partial charge in [-0.2, -0.15) is 0 Å². The number of ether oxygens (including phenoxy) is 3. The number of methoxy groups -OCH3 is 3. The van der Waals surface area contributed by atoms with Gasteiger partial charge in [0.2, 0.25) is 0 Å². The first-order chi connectivity index (χ1) is 4.24. The molecule has 0 spiro atoms. The van der Waals surface area contributed by atoms with Crippen molar-refractivity contribution < 1.29 is 35.9 Å². The maximum atomic E-state index is 4.88. The van der Waals surface area contributed by atoms with Crippen LogP contribution in [-0.2, 0) is 35.9 Å². The summed E-state index contributed by atoms with van der Waals surface area (Å²) in [4.78, 5) is 0. The molecule has 3 nitrogen and oxygen atoms in total. The molecule has 0 aliphatic heterocycles. The van der Waals surface area contributed by atoms with Gasteiger partial charge < -0.3 is 14.2 Å². The maximum absolute atomic E-state index is 4.88. The molecule has 59 valence electrons. The molecule has 4 heteroatoms. The molecular formula is C6H13O3Ti. The van der Waals surface area contributed by atoms with Gasteiger partial charge in [-0.15, -0.1) is 0 Å². The van der Waals surface area contributed by atoms with Crippen molar-refractivity contribution in [1.82, 2.24) is 0 Å². The van der Waals surface area contributed by atoms with Gasteiger partial charge in [0.15, 0.2) is 0 Å². The minimum atomic E-state index is -0.944. The van der Waals surface area contributed by atoms with Crippen LogP contribution >= 0.6 is 0 Å². The molecule has 0 saturated heterocycles. The van der Waals surface area contributed by atoms with E-state index < -0.39 is 5.97 Å². The van der Waals surface area contributed by atoms with Crippen molar-refractivity contribution in [3.63, 3.8) is 0 Å². The largest absolute Gasteiger partial charge is 0.331 e. The van der Waals surface area contributed by atoms with Crippen molar-refractivity contribution in [2.75, 3.05) is 21.3 Å². The van der Waals surface area contributed by atoms with Crippen LogP contribution in [-0.4, -0.2) is 27.3 Å². The Morgan fingerprint density at radius 1 is 1.10 bits per heavy atom. The summed E-state index contributed by atoms with van der Waals surface area (Å²) in [6, 6.07) is 0. The molecule has 0 saturated carbocycles. The molecule has 0 aromatic carbocycles. The molecule has 0 aromatic heterocycles. The van der Waals surface area contributed by atoms with Gasteiger partial charge >= 0.3 is 0 Å². The molecular weight excluding hydrogens is 168 g/mol. The van der Waals surface area contributed by atoms with E-state index in [-0.39, 0.29) is 21.7 Å². The third-order valence-corrected chi connectivity index (χ3v) is 1.24. The Balaban J connectivity index is 0. The third-order valence-electron chi connectivity index (χ3n) is 1.24. The van der Waals surface area contributed by atoms with Gasteiger partial charge in [0.25, 0.3) is 5.97 Å². The van der Waals surface area contributed by atoms with Crippen LogP contribution in [0.3, 0.4) is 0 Å². The summed E-state index contributed by atoms with van der Waals surface area (Å²) in [5.74, 6) is -0.944. The Hall–Kier alpha value is 0.594. The molecule has 0 bridgehead atoms. The molecule has 0 aromatic rings. The van der Waals surface area contributed by atoms with Crippen LogP contribution in [0.5, 0.6) is 0 Å². The molecule has 10 heavy (non-hydrogen) atoms. The van der Waals surface area contributed by atoms with Gasteiger partial charge in [-0.3, -0.25) is 0 Å².